The van der Waals surface area contributed by atoms with Crippen molar-refractivity contribution in [1.82, 2.24) is 4.31 Å². The van der Waals surface area contributed by atoms with Gasteiger partial charge in [-0.15, -0.1) is 0 Å². The summed E-state index contributed by atoms with van der Waals surface area (Å²) in [6, 6.07) is 13.6. The van der Waals surface area contributed by atoms with E-state index in [0.29, 0.717) is 18.7 Å². The highest BCUT2D eigenvalue weighted by molar-refractivity contribution is 7.92. The van der Waals surface area contributed by atoms with Gasteiger partial charge in [-0.05, 0) is 48.7 Å². The molecule has 1 N–H and O–H groups in total. The second-order valence-electron chi connectivity index (χ2n) is 5.89. The first kappa shape index (κ1) is 17.9. The van der Waals surface area contributed by atoms with Crippen LogP contribution in [0.4, 0.5) is 5.69 Å². The lowest BCUT2D eigenvalue weighted by molar-refractivity contribution is 0.391. The number of nitrogens with one attached hydrogen (secondary N) is 1. The van der Waals surface area contributed by atoms with Gasteiger partial charge in [0.1, 0.15) is 0 Å². The van der Waals surface area contributed by atoms with Crippen molar-refractivity contribution in [2.24, 2.45) is 0 Å². The third-order valence-electron chi connectivity index (χ3n) is 4.22. The maximum Gasteiger partial charge on any atom is 0.243 e. The summed E-state index contributed by atoms with van der Waals surface area (Å²) < 4.78 is 52.9. The third-order valence-corrected chi connectivity index (χ3v) is 7.38. The number of fused-ring (bicyclic) bond motifs is 1. The highest BCUT2D eigenvalue weighted by Crippen LogP contribution is 2.27. The molecule has 0 aromatic heterocycles. The van der Waals surface area contributed by atoms with Crippen molar-refractivity contribution >= 4 is 25.7 Å². The zero-order valence-corrected chi connectivity index (χ0v) is 15.5. The van der Waals surface area contributed by atoms with Crippen LogP contribution in [0.3, 0.4) is 0 Å². The Morgan fingerprint density at radius 2 is 1.72 bits per heavy atom. The van der Waals surface area contributed by atoms with E-state index in [9.17, 15) is 16.8 Å². The molecule has 2 aromatic carbocycles. The minimum Gasteiger partial charge on any atom is -0.284 e. The molecule has 134 valence electrons. The van der Waals surface area contributed by atoms with Crippen LogP contribution in [0.25, 0.3) is 0 Å². The maximum atomic E-state index is 12.8. The monoisotopic (exact) mass is 380 g/mol. The topological polar surface area (TPSA) is 83.6 Å². The van der Waals surface area contributed by atoms with Gasteiger partial charge in [-0.3, -0.25) is 4.72 Å². The average Bonchev–Trinajstić information content (AvgIpc) is 2.61. The van der Waals surface area contributed by atoms with Gasteiger partial charge in [-0.25, -0.2) is 16.8 Å². The number of nitrogens with zero attached hydrogens (tertiary/aromatic N) is 1. The number of hydrogen-bond donors (Lipinski definition) is 1. The number of anilines is 1. The van der Waals surface area contributed by atoms with Gasteiger partial charge in [0, 0.05) is 18.8 Å². The molecule has 3 rings (SSSR count). The van der Waals surface area contributed by atoms with Crippen LogP contribution in [0.15, 0.2) is 53.4 Å². The molecule has 0 bridgehead atoms. The summed E-state index contributed by atoms with van der Waals surface area (Å²) in [7, 11) is -6.93. The van der Waals surface area contributed by atoms with Crippen molar-refractivity contribution in [2.75, 3.05) is 17.0 Å². The van der Waals surface area contributed by atoms with Gasteiger partial charge in [-0.2, -0.15) is 4.31 Å². The molecule has 6 nitrogen and oxygen atoms in total. The van der Waals surface area contributed by atoms with Gasteiger partial charge < -0.3 is 0 Å². The molecule has 1 aliphatic heterocycles. The van der Waals surface area contributed by atoms with Crippen molar-refractivity contribution in [3.8, 4) is 0 Å². The zero-order valence-electron chi connectivity index (χ0n) is 13.8. The van der Waals surface area contributed by atoms with Crippen molar-refractivity contribution in [3.05, 3.63) is 59.7 Å². The normalized spacial score (nSPS) is 15.6. The van der Waals surface area contributed by atoms with E-state index in [1.165, 1.54) is 4.31 Å². The van der Waals surface area contributed by atoms with E-state index >= 15 is 0 Å². The second kappa shape index (κ2) is 6.78. The van der Waals surface area contributed by atoms with E-state index < -0.39 is 20.0 Å². The molecule has 1 aliphatic rings. The highest BCUT2D eigenvalue weighted by Gasteiger charge is 2.28. The van der Waals surface area contributed by atoms with Crippen molar-refractivity contribution in [2.45, 2.75) is 24.8 Å². The van der Waals surface area contributed by atoms with E-state index in [2.05, 4.69) is 4.72 Å². The predicted octanol–water partition coefficient (Wildman–Crippen LogP) is 2.20. The minimum absolute atomic E-state index is 0.0153. The summed E-state index contributed by atoms with van der Waals surface area (Å²) in [6.45, 7) is 2.20. The second-order valence-corrected chi connectivity index (χ2v) is 9.84. The Hall–Kier alpha value is -1.90. The number of hydrogen-bond acceptors (Lipinski definition) is 4. The van der Waals surface area contributed by atoms with Crippen LogP contribution in [0.2, 0.25) is 0 Å². The fourth-order valence-corrected chi connectivity index (χ4v) is 4.86. The quantitative estimate of drug-likeness (QED) is 0.862. The van der Waals surface area contributed by atoms with E-state index in [0.717, 1.165) is 11.1 Å². The highest BCUT2D eigenvalue weighted by atomic mass is 32.2. The third kappa shape index (κ3) is 3.86. The summed E-state index contributed by atoms with van der Waals surface area (Å²) in [5, 5.41) is 0. The smallest absolute Gasteiger partial charge is 0.243 e. The van der Waals surface area contributed by atoms with Crippen LogP contribution < -0.4 is 4.72 Å². The Balaban J connectivity index is 1.88. The molecule has 2 aromatic rings. The summed E-state index contributed by atoms with van der Waals surface area (Å²) in [5.74, 6) is -0.0153. The Kier molecular flexibility index (Phi) is 4.86. The van der Waals surface area contributed by atoms with Gasteiger partial charge in [-0.1, -0.05) is 24.3 Å². The molecule has 8 heteroatoms. The van der Waals surface area contributed by atoms with Gasteiger partial charge in [0.25, 0.3) is 0 Å². The first-order valence-corrected chi connectivity index (χ1v) is 11.1. The van der Waals surface area contributed by atoms with Crippen molar-refractivity contribution in [1.29, 1.82) is 0 Å². The van der Waals surface area contributed by atoms with Crippen molar-refractivity contribution in [3.63, 3.8) is 0 Å². The molecule has 0 amide bonds. The van der Waals surface area contributed by atoms with Gasteiger partial charge in [0.05, 0.1) is 10.6 Å². The fraction of sp³-hybridized carbons (Fsp3) is 0.294. The van der Waals surface area contributed by atoms with Crippen LogP contribution in [0, 0.1) is 0 Å². The van der Waals surface area contributed by atoms with Crippen LogP contribution in [-0.4, -0.2) is 33.4 Å². The molecule has 25 heavy (non-hydrogen) atoms. The lowest BCUT2D eigenvalue weighted by atomic mass is 10.0. The number of benzene rings is 2. The summed E-state index contributed by atoms with van der Waals surface area (Å²) >= 11 is 0. The van der Waals surface area contributed by atoms with Gasteiger partial charge in [0.2, 0.25) is 20.0 Å². The van der Waals surface area contributed by atoms with Crippen LogP contribution in [0.5, 0.6) is 0 Å². The molecule has 1 heterocycles. The number of rotatable bonds is 5. The molecule has 0 fully saturated rings. The molecule has 0 saturated heterocycles. The lowest BCUT2D eigenvalue weighted by Gasteiger charge is -2.28. The largest absolute Gasteiger partial charge is 0.284 e. The van der Waals surface area contributed by atoms with Gasteiger partial charge in [0.15, 0.2) is 0 Å². The molecule has 0 spiro atoms. The SMILES string of the molecule is CCS(=O)(=O)Nc1ccc2c(c1)CN(S(=O)(=O)c1ccccc1)CC2. The van der Waals surface area contributed by atoms with E-state index in [-0.39, 0.29) is 17.2 Å². The van der Waals surface area contributed by atoms with E-state index in [1.807, 2.05) is 6.07 Å². The van der Waals surface area contributed by atoms with E-state index in [4.69, 9.17) is 0 Å². The van der Waals surface area contributed by atoms with Crippen LogP contribution in [-0.2, 0) is 33.0 Å². The Labute approximate surface area is 148 Å². The molecular formula is C17H20N2O4S2. The average molecular weight is 380 g/mol. The Morgan fingerprint density at radius 3 is 2.40 bits per heavy atom. The number of sulfonamides is 2. The van der Waals surface area contributed by atoms with Crippen LogP contribution in [0.1, 0.15) is 18.1 Å². The zero-order chi connectivity index (χ0) is 18.1. The lowest BCUT2D eigenvalue weighted by Crippen LogP contribution is -2.36. The van der Waals surface area contributed by atoms with Crippen LogP contribution >= 0.6 is 0 Å². The fourth-order valence-electron chi connectivity index (χ4n) is 2.79. The molecule has 0 unspecified atom stereocenters. The minimum atomic E-state index is -3.56. The van der Waals surface area contributed by atoms with Crippen molar-refractivity contribution < 1.29 is 16.8 Å². The molecular weight excluding hydrogens is 360 g/mol. The summed E-state index contributed by atoms with van der Waals surface area (Å²) in [4.78, 5) is 0.265. The molecule has 0 saturated carbocycles. The first-order chi connectivity index (χ1) is 11.8. The standard InChI is InChI=1S/C17H20N2O4S2/c1-2-24(20,21)18-16-9-8-14-10-11-19(13-15(14)12-16)25(22,23)17-6-4-3-5-7-17/h3-9,12,18H,2,10-11,13H2,1H3. The summed E-state index contributed by atoms with van der Waals surface area (Å²) in [5.41, 5.74) is 2.32. The molecule has 0 radical (unpaired) electrons. The molecule has 0 atom stereocenters. The summed E-state index contributed by atoms with van der Waals surface area (Å²) in [6.07, 6.45) is 0.599. The predicted molar refractivity (Wildman–Crippen MR) is 97.3 cm³/mol. The van der Waals surface area contributed by atoms with E-state index in [1.54, 1.807) is 49.4 Å². The Morgan fingerprint density at radius 1 is 1.00 bits per heavy atom. The Bertz CT molecular complexity index is 971. The molecule has 0 aliphatic carbocycles. The first-order valence-electron chi connectivity index (χ1n) is 7.99. The maximum absolute atomic E-state index is 12.8. The van der Waals surface area contributed by atoms with Gasteiger partial charge >= 0.3 is 0 Å².